The summed E-state index contributed by atoms with van der Waals surface area (Å²) in [5.41, 5.74) is -0.577. The second-order valence-electron chi connectivity index (χ2n) is 4.60. The highest BCUT2D eigenvalue weighted by atomic mass is 16.3. The van der Waals surface area contributed by atoms with Gasteiger partial charge in [-0.2, -0.15) is 0 Å². The highest BCUT2D eigenvalue weighted by molar-refractivity contribution is 5.09. The summed E-state index contributed by atoms with van der Waals surface area (Å²) >= 11 is 0. The van der Waals surface area contributed by atoms with Gasteiger partial charge >= 0.3 is 0 Å². The lowest BCUT2D eigenvalue weighted by Crippen LogP contribution is -2.37. The van der Waals surface area contributed by atoms with E-state index in [-0.39, 0.29) is 5.41 Å². The van der Waals surface area contributed by atoms with Crippen molar-refractivity contribution in [2.45, 2.75) is 33.3 Å². The summed E-state index contributed by atoms with van der Waals surface area (Å²) in [7, 11) is 1.79. The van der Waals surface area contributed by atoms with Crippen molar-refractivity contribution in [1.82, 2.24) is 15.0 Å². The Bertz CT molecular complexity index is 296. The molecule has 1 unspecified atom stereocenters. The second-order valence-corrected chi connectivity index (χ2v) is 4.60. The van der Waals surface area contributed by atoms with E-state index in [1.54, 1.807) is 24.9 Å². The predicted octanol–water partition coefficient (Wildman–Crippen LogP) is 1.07. The topological polar surface area (TPSA) is 50.9 Å². The molecule has 0 fully saturated rings. The van der Waals surface area contributed by atoms with Crippen LogP contribution in [-0.2, 0) is 12.6 Å². The minimum absolute atomic E-state index is 0.247. The van der Waals surface area contributed by atoms with Crippen LogP contribution in [0.1, 0.15) is 33.4 Å². The maximum atomic E-state index is 10.2. The maximum absolute atomic E-state index is 10.2. The lowest BCUT2D eigenvalue weighted by atomic mass is 9.76. The van der Waals surface area contributed by atoms with Crippen molar-refractivity contribution in [3.8, 4) is 0 Å². The molecular formula is C9H17N3O. The minimum Gasteiger partial charge on any atom is -0.383 e. The Morgan fingerprint density at radius 1 is 1.31 bits per heavy atom. The Balaban J connectivity index is 3.07. The van der Waals surface area contributed by atoms with Crippen LogP contribution in [0.25, 0.3) is 0 Å². The van der Waals surface area contributed by atoms with Gasteiger partial charge in [-0.3, -0.25) is 4.68 Å². The summed E-state index contributed by atoms with van der Waals surface area (Å²) in [5.74, 6) is 0. The van der Waals surface area contributed by atoms with Crippen LogP contribution < -0.4 is 0 Å². The van der Waals surface area contributed by atoms with E-state index in [0.29, 0.717) is 5.69 Å². The van der Waals surface area contributed by atoms with Gasteiger partial charge in [0.25, 0.3) is 0 Å². The molecule has 0 aromatic carbocycles. The van der Waals surface area contributed by atoms with E-state index in [1.165, 1.54) is 0 Å². The van der Waals surface area contributed by atoms with E-state index >= 15 is 0 Å². The third kappa shape index (κ3) is 1.72. The summed E-state index contributed by atoms with van der Waals surface area (Å²) in [6.45, 7) is 7.68. The first-order valence-corrected chi connectivity index (χ1v) is 4.34. The van der Waals surface area contributed by atoms with Gasteiger partial charge in [0, 0.05) is 7.05 Å². The van der Waals surface area contributed by atoms with Crippen LogP contribution in [0.4, 0.5) is 0 Å². The molecule has 13 heavy (non-hydrogen) atoms. The van der Waals surface area contributed by atoms with Crippen LogP contribution in [0.3, 0.4) is 0 Å². The molecule has 74 valence electrons. The lowest BCUT2D eigenvalue weighted by molar-refractivity contribution is -0.0507. The standard InChI is InChI=1S/C9H17N3O/c1-8(2,3)9(4,13)7-6-12(5)11-10-7/h6,13H,1-5H3. The third-order valence-corrected chi connectivity index (χ3v) is 2.56. The molecule has 1 aromatic heterocycles. The fourth-order valence-electron chi connectivity index (χ4n) is 0.955. The van der Waals surface area contributed by atoms with Gasteiger partial charge in [0.05, 0.1) is 6.20 Å². The molecule has 0 aliphatic carbocycles. The van der Waals surface area contributed by atoms with Crippen molar-refractivity contribution in [2.24, 2.45) is 12.5 Å². The SMILES string of the molecule is Cn1cc(C(C)(O)C(C)(C)C)nn1. The largest absolute Gasteiger partial charge is 0.383 e. The Hall–Kier alpha value is -0.900. The van der Waals surface area contributed by atoms with Crippen LogP contribution in [0.5, 0.6) is 0 Å². The van der Waals surface area contributed by atoms with E-state index in [0.717, 1.165) is 0 Å². The number of rotatable bonds is 1. The summed E-state index contributed by atoms with van der Waals surface area (Å²) in [5, 5.41) is 17.9. The van der Waals surface area contributed by atoms with Crippen molar-refractivity contribution in [3.05, 3.63) is 11.9 Å². The molecule has 0 aliphatic heterocycles. The van der Waals surface area contributed by atoms with Gasteiger partial charge in [0.2, 0.25) is 0 Å². The normalized spacial score (nSPS) is 17.1. The molecule has 0 aliphatic rings. The van der Waals surface area contributed by atoms with Crippen LogP contribution in [0.2, 0.25) is 0 Å². The molecule has 1 rings (SSSR count). The van der Waals surface area contributed by atoms with Crippen LogP contribution in [-0.4, -0.2) is 20.1 Å². The number of hydrogen-bond donors (Lipinski definition) is 1. The van der Waals surface area contributed by atoms with Gasteiger partial charge in [0.1, 0.15) is 11.3 Å². The average Bonchev–Trinajstić information content (AvgIpc) is 2.33. The minimum atomic E-state index is -0.943. The molecule has 0 radical (unpaired) electrons. The molecule has 1 N–H and O–H groups in total. The Labute approximate surface area is 78.6 Å². The van der Waals surface area contributed by atoms with E-state index in [1.807, 2.05) is 20.8 Å². The highest BCUT2D eigenvalue weighted by Gasteiger charge is 2.39. The molecule has 1 heterocycles. The Kier molecular flexibility index (Phi) is 2.20. The fraction of sp³-hybridized carbons (Fsp3) is 0.778. The summed E-state index contributed by atoms with van der Waals surface area (Å²) < 4.78 is 1.59. The molecule has 4 heteroatoms. The average molecular weight is 183 g/mol. The van der Waals surface area contributed by atoms with Crippen LogP contribution >= 0.6 is 0 Å². The zero-order valence-electron chi connectivity index (χ0n) is 8.87. The molecule has 4 nitrogen and oxygen atoms in total. The number of aliphatic hydroxyl groups is 1. The zero-order valence-corrected chi connectivity index (χ0v) is 8.87. The summed E-state index contributed by atoms with van der Waals surface area (Å²) in [6.07, 6.45) is 1.74. The van der Waals surface area contributed by atoms with Gasteiger partial charge in [-0.1, -0.05) is 26.0 Å². The van der Waals surface area contributed by atoms with Crippen molar-refractivity contribution in [3.63, 3.8) is 0 Å². The van der Waals surface area contributed by atoms with Crippen molar-refractivity contribution in [2.75, 3.05) is 0 Å². The molecule has 0 amide bonds. The molecule has 0 bridgehead atoms. The zero-order chi connectivity index (χ0) is 10.3. The van der Waals surface area contributed by atoms with Crippen LogP contribution in [0.15, 0.2) is 6.20 Å². The molecular weight excluding hydrogens is 166 g/mol. The van der Waals surface area contributed by atoms with Crippen molar-refractivity contribution < 1.29 is 5.11 Å². The van der Waals surface area contributed by atoms with Gasteiger partial charge in [-0.15, -0.1) is 5.10 Å². The number of hydrogen-bond acceptors (Lipinski definition) is 3. The van der Waals surface area contributed by atoms with E-state index < -0.39 is 5.60 Å². The number of aromatic nitrogens is 3. The number of aryl methyl sites for hydroxylation is 1. The van der Waals surface area contributed by atoms with Gasteiger partial charge in [-0.25, -0.2) is 0 Å². The lowest BCUT2D eigenvalue weighted by Gasteiger charge is -2.35. The van der Waals surface area contributed by atoms with Gasteiger partial charge < -0.3 is 5.11 Å². The van der Waals surface area contributed by atoms with Crippen molar-refractivity contribution >= 4 is 0 Å². The van der Waals surface area contributed by atoms with E-state index in [2.05, 4.69) is 10.3 Å². The number of nitrogens with zero attached hydrogens (tertiary/aromatic N) is 3. The quantitative estimate of drug-likeness (QED) is 0.708. The van der Waals surface area contributed by atoms with Gasteiger partial charge in [0.15, 0.2) is 0 Å². The Morgan fingerprint density at radius 2 is 1.85 bits per heavy atom. The molecule has 0 spiro atoms. The maximum Gasteiger partial charge on any atom is 0.114 e. The summed E-state index contributed by atoms with van der Waals surface area (Å²) in [4.78, 5) is 0. The van der Waals surface area contributed by atoms with Crippen LogP contribution in [0, 0.1) is 5.41 Å². The molecule has 1 atom stereocenters. The predicted molar refractivity (Wildman–Crippen MR) is 50.0 cm³/mol. The molecule has 0 saturated heterocycles. The summed E-state index contributed by atoms with van der Waals surface area (Å²) in [6, 6.07) is 0. The first-order valence-electron chi connectivity index (χ1n) is 4.34. The molecule has 0 saturated carbocycles. The van der Waals surface area contributed by atoms with Gasteiger partial charge in [-0.05, 0) is 12.3 Å². The first kappa shape index (κ1) is 10.2. The smallest absolute Gasteiger partial charge is 0.114 e. The Morgan fingerprint density at radius 3 is 2.15 bits per heavy atom. The third-order valence-electron chi connectivity index (χ3n) is 2.56. The fourth-order valence-corrected chi connectivity index (χ4v) is 0.955. The second kappa shape index (κ2) is 2.80. The monoisotopic (exact) mass is 183 g/mol. The van der Waals surface area contributed by atoms with Crippen molar-refractivity contribution in [1.29, 1.82) is 0 Å². The molecule has 1 aromatic rings. The highest BCUT2D eigenvalue weighted by Crippen LogP contribution is 2.37. The van der Waals surface area contributed by atoms with E-state index in [9.17, 15) is 5.11 Å². The first-order chi connectivity index (χ1) is 5.75. The van der Waals surface area contributed by atoms with E-state index in [4.69, 9.17) is 0 Å².